The van der Waals surface area contributed by atoms with Gasteiger partial charge in [-0.15, -0.1) is 0 Å². The van der Waals surface area contributed by atoms with Crippen LogP contribution in [-0.4, -0.2) is 39.6 Å². The molecule has 1 aromatic carbocycles. The van der Waals surface area contributed by atoms with Gasteiger partial charge in [-0.1, -0.05) is 25.4 Å². The van der Waals surface area contributed by atoms with E-state index in [1.54, 1.807) is 27.9 Å². The molecule has 0 atom stereocenters. The van der Waals surface area contributed by atoms with Crippen molar-refractivity contribution < 1.29 is 9.59 Å². The highest BCUT2D eigenvalue weighted by Gasteiger charge is 2.29. The van der Waals surface area contributed by atoms with Crippen LogP contribution in [-0.2, 0) is 4.79 Å². The summed E-state index contributed by atoms with van der Waals surface area (Å²) in [6.07, 6.45) is 2.86. The third-order valence-electron chi connectivity index (χ3n) is 4.84. The molecule has 2 amide bonds. The van der Waals surface area contributed by atoms with Gasteiger partial charge in [-0.25, -0.2) is 4.68 Å². The van der Waals surface area contributed by atoms with E-state index >= 15 is 0 Å². The molecule has 0 saturated carbocycles. The molecule has 2 N–H and O–H groups in total. The lowest BCUT2D eigenvalue weighted by Crippen LogP contribution is -2.42. The lowest BCUT2D eigenvalue weighted by Gasteiger charge is -2.30. The van der Waals surface area contributed by atoms with Crippen LogP contribution in [0.5, 0.6) is 0 Å². The van der Waals surface area contributed by atoms with Crippen molar-refractivity contribution in [3.05, 3.63) is 46.7 Å². The number of benzene rings is 1. The number of carbonyl (C=O) groups excluding carboxylic acids is 2. The molecule has 6 nitrogen and oxygen atoms in total. The van der Waals surface area contributed by atoms with E-state index in [9.17, 15) is 9.59 Å². The van der Waals surface area contributed by atoms with Gasteiger partial charge in [-0.05, 0) is 43.0 Å². The molecular weight excluding hydrogens is 352 g/mol. The minimum atomic E-state index is -0.282. The third kappa shape index (κ3) is 3.60. The average Bonchev–Trinajstić information content (AvgIpc) is 3.07. The van der Waals surface area contributed by atoms with E-state index in [0.29, 0.717) is 36.5 Å². The van der Waals surface area contributed by atoms with E-state index in [1.165, 1.54) is 0 Å². The van der Waals surface area contributed by atoms with Crippen molar-refractivity contribution in [2.75, 3.05) is 13.1 Å². The third-order valence-corrected chi connectivity index (χ3v) is 5.09. The average molecular weight is 375 g/mol. The molecule has 0 radical (unpaired) electrons. The summed E-state index contributed by atoms with van der Waals surface area (Å²) in [5.41, 5.74) is 7.72. The van der Waals surface area contributed by atoms with Gasteiger partial charge < -0.3 is 10.6 Å². The highest BCUT2D eigenvalue weighted by atomic mass is 35.5. The first kappa shape index (κ1) is 18.5. The molecule has 3 rings (SSSR count). The number of likely N-dealkylation sites (tertiary alicyclic amines) is 1. The van der Waals surface area contributed by atoms with Gasteiger partial charge in [-0.3, -0.25) is 9.59 Å². The monoisotopic (exact) mass is 374 g/mol. The summed E-state index contributed by atoms with van der Waals surface area (Å²) in [6, 6.07) is 7.37. The summed E-state index contributed by atoms with van der Waals surface area (Å²) in [4.78, 5) is 26.1. The maximum absolute atomic E-state index is 13.0. The number of aromatic nitrogens is 2. The summed E-state index contributed by atoms with van der Waals surface area (Å²) < 4.78 is 1.80. The van der Waals surface area contributed by atoms with E-state index in [4.69, 9.17) is 17.3 Å². The van der Waals surface area contributed by atoms with Crippen LogP contribution >= 0.6 is 11.6 Å². The molecule has 2 heterocycles. The van der Waals surface area contributed by atoms with Crippen molar-refractivity contribution >= 4 is 23.4 Å². The van der Waals surface area contributed by atoms with Crippen LogP contribution in [0, 0.1) is 5.92 Å². The second-order valence-corrected chi connectivity index (χ2v) is 7.39. The van der Waals surface area contributed by atoms with Crippen molar-refractivity contribution in [2.45, 2.75) is 32.6 Å². The van der Waals surface area contributed by atoms with Gasteiger partial charge in [0.05, 0.1) is 23.1 Å². The van der Waals surface area contributed by atoms with Crippen LogP contribution in [0.1, 0.15) is 48.7 Å². The highest BCUT2D eigenvalue weighted by Crippen LogP contribution is 2.26. The fraction of sp³-hybridized carbons (Fsp3) is 0.421. The molecule has 0 unspecified atom stereocenters. The largest absolute Gasteiger partial charge is 0.369 e. The fourth-order valence-corrected chi connectivity index (χ4v) is 3.53. The Kier molecular flexibility index (Phi) is 5.32. The number of amides is 2. The van der Waals surface area contributed by atoms with Gasteiger partial charge in [-0.2, -0.15) is 5.10 Å². The number of hydrogen-bond acceptors (Lipinski definition) is 3. The second kappa shape index (κ2) is 7.50. The molecule has 26 heavy (non-hydrogen) atoms. The summed E-state index contributed by atoms with van der Waals surface area (Å²) in [5, 5.41) is 5.10. The first-order valence-electron chi connectivity index (χ1n) is 8.81. The number of carbonyl (C=O) groups is 2. The Morgan fingerprint density at radius 1 is 1.19 bits per heavy atom. The molecule has 2 aromatic rings. The second-order valence-electron chi connectivity index (χ2n) is 6.96. The van der Waals surface area contributed by atoms with E-state index in [-0.39, 0.29) is 23.7 Å². The van der Waals surface area contributed by atoms with Gasteiger partial charge in [0.15, 0.2) is 0 Å². The van der Waals surface area contributed by atoms with E-state index in [1.807, 2.05) is 26.0 Å². The Morgan fingerprint density at radius 2 is 1.81 bits per heavy atom. The summed E-state index contributed by atoms with van der Waals surface area (Å²) in [6.45, 7) is 5.16. The lowest BCUT2D eigenvalue weighted by molar-refractivity contribution is -0.123. The van der Waals surface area contributed by atoms with Crippen LogP contribution in [0.3, 0.4) is 0 Å². The zero-order chi connectivity index (χ0) is 18.8. The molecule has 0 spiro atoms. The Bertz CT molecular complexity index is 805. The Morgan fingerprint density at radius 3 is 2.35 bits per heavy atom. The number of nitrogens with two attached hydrogens (primary N) is 1. The molecule has 1 aromatic heterocycles. The number of primary amides is 1. The smallest absolute Gasteiger partial charge is 0.257 e. The Labute approximate surface area is 157 Å². The fourth-order valence-electron chi connectivity index (χ4n) is 3.40. The van der Waals surface area contributed by atoms with Crippen molar-refractivity contribution in [1.82, 2.24) is 14.7 Å². The minimum absolute atomic E-state index is 0.0446. The zero-order valence-electron chi connectivity index (χ0n) is 15.0. The molecule has 0 aliphatic carbocycles. The van der Waals surface area contributed by atoms with Crippen LogP contribution in [0.2, 0.25) is 5.02 Å². The standard InChI is InChI=1S/C19H23ClN4O2/c1-12(2)17-16(11-22-24(17)15-5-3-14(20)4-6-15)19(26)23-9-7-13(8-10-23)18(21)25/h3-6,11-13H,7-10H2,1-2H3,(H2,21,25). The molecule has 1 aliphatic rings. The van der Waals surface area contributed by atoms with Gasteiger partial charge in [0.2, 0.25) is 5.91 Å². The van der Waals surface area contributed by atoms with E-state index in [0.717, 1.165) is 11.4 Å². The first-order valence-corrected chi connectivity index (χ1v) is 9.18. The number of hydrogen-bond donors (Lipinski definition) is 1. The van der Waals surface area contributed by atoms with Crippen molar-refractivity contribution in [1.29, 1.82) is 0 Å². The van der Waals surface area contributed by atoms with Crippen LogP contribution in [0.15, 0.2) is 30.5 Å². The predicted octanol–water partition coefficient (Wildman–Crippen LogP) is 2.99. The zero-order valence-corrected chi connectivity index (χ0v) is 15.7. The summed E-state index contributed by atoms with van der Waals surface area (Å²) in [5.74, 6) is -0.344. The van der Waals surface area contributed by atoms with Gasteiger partial charge in [0.1, 0.15) is 0 Å². The van der Waals surface area contributed by atoms with Gasteiger partial charge >= 0.3 is 0 Å². The maximum atomic E-state index is 13.0. The minimum Gasteiger partial charge on any atom is -0.369 e. The Balaban J connectivity index is 1.87. The maximum Gasteiger partial charge on any atom is 0.257 e. The first-order chi connectivity index (χ1) is 12.4. The number of piperidine rings is 1. The van der Waals surface area contributed by atoms with Crippen molar-refractivity contribution in [3.8, 4) is 5.69 Å². The topological polar surface area (TPSA) is 81.2 Å². The highest BCUT2D eigenvalue weighted by molar-refractivity contribution is 6.30. The summed E-state index contributed by atoms with van der Waals surface area (Å²) in [7, 11) is 0. The van der Waals surface area contributed by atoms with Gasteiger partial charge in [0.25, 0.3) is 5.91 Å². The van der Waals surface area contributed by atoms with E-state index in [2.05, 4.69) is 5.10 Å². The molecule has 138 valence electrons. The molecule has 1 fully saturated rings. The Hall–Kier alpha value is -2.34. The normalized spacial score (nSPS) is 15.5. The van der Waals surface area contributed by atoms with E-state index < -0.39 is 0 Å². The predicted molar refractivity (Wildman–Crippen MR) is 100 cm³/mol. The molecule has 7 heteroatoms. The van der Waals surface area contributed by atoms with Gasteiger partial charge in [0, 0.05) is 24.0 Å². The molecule has 0 bridgehead atoms. The number of halogens is 1. The molecule has 1 saturated heterocycles. The molecule has 1 aliphatic heterocycles. The van der Waals surface area contributed by atoms with Crippen molar-refractivity contribution in [2.24, 2.45) is 11.7 Å². The quantitative estimate of drug-likeness (QED) is 0.893. The summed E-state index contributed by atoms with van der Waals surface area (Å²) >= 11 is 5.97. The van der Waals surface area contributed by atoms with Crippen LogP contribution in [0.25, 0.3) is 5.69 Å². The number of nitrogens with zero attached hydrogens (tertiary/aromatic N) is 3. The molecular formula is C19H23ClN4O2. The van der Waals surface area contributed by atoms with Crippen LogP contribution < -0.4 is 5.73 Å². The van der Waals surface area contributed by atoms with Crippen molar-refractivity contribution in [3.63, 3.8) is 0 Å². The number of rotatable bonds is 4. The van der Waals surface area contributed by atoms with Crippen LogP contribution in [0.4, 0.5) is 0 Å². The SMILES string of the molecule is CC(C)c1c(C(=O)N2CCC(C(N)=O)CC2)cnn1-c1ccc(Cl)cc1. The lowest BCUT2D eigenvalue weighted by atomic mass is 9.95.